The maximum absolute atomic E-state index is 11.1. The van der Waals surface area contributed by atoms with Crippen LogP contribution in [0.4, 0.5) is 0 Å². The lowest BCUT2D eigenvalue weighted by molar-refractivity contribution is -0.145. The Bertz CT molecular complexity index is 258. The van der Waals surface area contributed by atoms with Crippen molar-refractivity contribution >= 4 is 15.5 Å². The van der Waals surface area contributed by atoms with E-state index in [1.807, 2.05) is 34.6 Å². The van der Waals surface area contributed by atoms with Gasteiger partial charge >= 0.3 is 15.5 Å². The number of hydrogen-bond donors (Lipinski definition) is 0. The fourth-order valence-electron chi connectivity index (χ4n) is 1.19. The van der Waals surface area contributed by atoms with Crippen LogP contribution in [0.25, 0.3) is 0 Å². The van der Waals surface area contributed by atoms with Gasteiger partial charge in [-0.05, 0) is 34.1 Å². The minimum absolute atomic E-state index is 0.0474. The Balaban J connectivity index is 4.25. The van der Waals surface area contributed by atoms with Crippen LogP contribution in [-0.2, 0) is 22.8 Å². The van der Waals surface area contributed by atoms with Crippen molar-refractivity contribution in [2.24, 2.45) is 0 Å². The third-order valence-corrected chi connectivity index (χ3v) is 4.09. The van der Waals surface area contributed by atoms with E-state index in [0.29, 0.717) is 6.42 Å². The lowest BCUT2D eigenvalue weighted by Gasteiger charge is -2.23. The molecule has 0 aromatic heterocycles. The predicted octanol–water partition coefficient (Wildman–Crippen LogP) is 2.08. The molecule has 0 radical (unpaired) electrons. The molecule has 0 aliphatic heterocycles. The van der Waals surface area contributed by atoms with Crippen LogP contribution < -0.4 is 0 Å². The molecular weight excluding hydrogens is 264 g/mol. The first-order valence-electron chi connectivity index (χ1n) is 6.64. The van der Waals surface area contributed by atoms with Gasteiger partial charge < -0.3 is 18.0 Å². The van der Waals surface area contributed by atoms with E-state index in [0.717, 1.165) is 6.08 Å². The molecule has 0 aliphatic rings. The van der Waals surface area contributed by atoms with Gasteiger partial charge in [0.15, 0.2) is 0 Å². The van der Waals surface area contributed by atoms with Gasteiger partial charge in [-0.1, -0.05) is 13.5 Å². The quantitative estimate of drug-likeness (QED) is 0.350. The van der Waals surface area contributed by atoms with Crippen molar-refractivity contribution in [2.45, 2.75) is 59.4 Å². The molecule has 19 heavy (non-hydrogen) atoms. The van der Waals surface area contributed by atoms with E-state index < -0.39 is 15.5 Å². The van der Waals surface area contributed by atoms with Gasteiger partial charge in [-0.3, -0.25) is 0 Å². The van der Waals surface area contributed by atoms with Crippen LogP contribution in [-0.4, -0.2) is 40.4 Å². The molecule has 0 heterocycles. The standard InChI is InChI=1S/C13H26O5Si/c1-7-12(16-13(14)8-2)9-15-19(17-10(3)4)18-11(5)6/h8,10-12,19H,2,7,9H2,1,3-6H3. The average molecular weight is 290 g/mol. The Kier molecular flexibility index (Phi) is 9.77. The van der Waals surface area contributed by atoms with Crippen molar-refractivity contribution in [1.82, 2.24) is 0 Å². The Morgan fingerprint density at radius 1 is 1.21 bits per heavy atom. The zero-order valence-electron chi connectivity index (χ0n) is 12.5. The van der Waals surface area contributed by atoms with E-state index >= 15 is 0 Å². The van der Waals surface area contributed by atoms with Crippen LogP contribution in [0.2, 0.25) is 0 Å². The number of hydrogen-bond acceptors (Lipinski definition) is 5. The molecule has 0 aliphatic carbocycles. The van der Waals surface area contributed by atoms with Crippen LogP contribution in [0.15, 0.2) is 12.7 Å². The number of carbonyl (C=O) groups is 1. The summed E-state index contributed by atoms with van der Waals surface area (Å²) in [6, 6.07) is 0. The molecule has 112 valence electrons. The Hall–Kier alpha value is -0.693. The van der Waals surface area contributed by atoms with E-state index in [1.54, 1.807) is 0 Å². The summed E-state index contributed by atoms with van der Waals surface area (Å²) in [6.07, 6.45) is 1.61. The van der Waals surface area contributed by atoms with Gasteiger partial charge in [-0.25, -0.2) is 4.79 Å². The molecule has 0 saturated heterocycles. The van der Waals surface area contributed by atoms with E-state index in [-0.39, 0.29) is 24.9 Å². The summed E-state index contributed by atoms with van der Waals surface area (Å²) in [4.78, 5) is 11.1. The number of esters is 1. The normalized spacial score (nSPS) is 13.1. The molecular formula is C13H26O5Si. The second kappa shape index (κ2) is 10.1. The van der Waals surface area contributed by atoms with E-state index in [2.05, 4.69) is 6.58 Å². The molecule has 1 atom stereocenters. The van der Waals surface area contributed by atoms with E-state index in [1.165, 1.54) is 0 Å². The lowest BCUT2D eigenvalue weighted by atomic mass is 10.3. The number of carbonyl (C=O) groups excluding carboxylic acids is 1. The van der Waals surface area contributed by atoms with Crippen LogP contribution in [0.5, 0.6) is 0 Å². The third kappa shape index (κ3) is 9.83. The first-order valence-corrected chi connectivity index (χ1v) is 8.06. The van der Waals surface area contributed by atoms with Crippen LogP contribution in [0, 0.1) is 0 Å². The third-order valence-electron chi connectivity index (χ3n) is 2.09. The smallest absolute Gasteiger partial charge is 0.457 e. The molecule has 6 heteroatoms. The van der Waals surface area contributed by atoms with E-state index in [9.17, 15) is 4.79 Å². The van der Waals surface area contributed by atoms with Gasteiger partial charge in [-0.15, -0.1) is 0 Å². The molecule has 0 amide bonds. The Morgan fingerprint density at radius 3 is 2.11 bits per heavy atom. The average Bonchev–Trinajstić information content (AvgIpc) is 2.32. The SMILES string of the molecule is C=CC(=O)OC(CC)CO[SiH](OC(C)C)OC(C)C. The molecule has 1 unspecified atom stereocenters. The highest BCUT2D eigenvalue weighted by molar-refractivity contribution is 6.36. The summed E-state index contributed by atoms with van der Waals surface area (Å²) in [7, 11) is -2.19. The van der Waals surface area contributed by atoms with Gasteiger partial charge in [0.05, 0.1) is 6.61 Å². The second-order valence-electron chi connectivity index (χ2n) is 4.66. The molecule has 0 aromatic rings. The van der Waals surface area contributed by atoms with Crippen LogP contribution in [0.3, 0.4) is 0 Å². The zero-order valence-corrected chi connectivity index (χ0v) is 13.7. The molecule has 0 fully saturated rings. The summed E-state index contributed by atoms with van der Waals surface area (Å²) >= 11 is 0. The highest BCUT2D eigenvalue weighted by atomic mass is 28.3. The minimum atomic E-state index is -2.19. The van der Waals surface area contributed by atoms with Crippen molar-refractivity contribution in [2.75, 3.05) is 6.61 Å². The van der Waals surface area contributed by atoms with Gasteiger partial charge in [0.1, 0.15) is 6.10 Å². The zero-order chi connectivity index (χ0) is 14.8. The fraction of sp³-hybridized carbons (Fsp3) is 0.769. The van der Waals surface area contributed by atoms with Gasteiger partial charge in [-0.2, -0.15) is 0 Å². The highest BCUT2D eigenvalue weighted by Crippen LogP contribution is 2.06. The van der Waals surface area contributed by atoms with Gasteiger partial charge in [0.2, 0.25) is 0 Å². The summed E-state index contributed by atoms with van der Waals surface area (Å²) in [5.74, 6) is -0.441. The Labute approximate surface area is 117 Å². The topological polar surface area (TPSA) is 54.0 Å². The van der Waals surface area contributed by atoms with E-state index in [4.69, 9.17) is 18.0 Å². The molecule has 0 spiro atoms. The van der Waals surface area contributed by atoms with Crippen LogP contribution in [0.1, 0.15) is 41.0 Å². The summed E-state index contributed by atoms with van der Waals surface area (Å²) < 4.78 is 22.0. The molecule has 0 aromatic carbocycles. The van der Waals surface area contributed by atoms with Crippen molar-refractivity contribution in [3.8, 4) is 0 Å². The lowest BCUT2D eigenvalue weighted by Crippen LogP contribution is -2.36. The van der Waals surface area contributed by atoms with Crippen molar-refractivity contribution < 1.29 is 22.8 Å². The number of ether oxygens (including phenoxy) is 1. The number of rotatable bonds is 10. The van der Waals surface area contributed by atoms with Gasteiger partial charge in [0.25, 0.3) is 0 Å². The first kappa shape index (κ1) is 18.3. The molecule has 0 bridgehead atoms. The molecule has 0 rings (SSSR count). The Morgan fingerprint density at radius 2 is 1.74 bits per heavy atom. The molecule has 0 saturated carbocycles. The van der Waals surface area contributed by atoms with Crippen LogP contribution >= 0.6 is 0 Å². The summed E-state index contributed by atoms with van der Waals surface area (Å²) in [6.45, 7) is 13.3. The maximum Gasteiger partial charge on any atom is 0.484 e. The monoisotopic (exact) mass is 290 g/mol. The second-order valence-corrected chi connectivity index (χ2v) is 6.12. The van der Waals surface area contributed by atoms with Gasteiger partial charge in [0, 0.05) is 18.3 Å². The fourth-order valence-corrected chi connectivity index (χ4v) is 2.67. The molecule has 5 nitrogen and oxygen atoms in total. The summed E-state index contributed by atoms with van der Waals surface area (Å²) in [5, 5.41) is 0. The maximum atomic E-state index is 11.1. The first-order chi connectivity index (χ1) is 8.88. The van der Waals surface area contributed by atoms with Crippen molar-refractivity contribution in [3.05, 3.63) is 12.7 Å². The summed E-state index contributed by atoms with van der Waals surface area (Å²) in [5.41, 5.74) is 0. The molecule has 0 N–H and O–H groups in total. The highest BCUT2D eigenvalue weighted by Gasteiger charge is 2.21. The largest absolute Gasteiger partial charge is 0.484 e. The van der Waals surface area contributed by atoms with Crippen molar-refractivity contribution in [1.29, 1.82) is 0 Å². The predicted molar refractivity (Wildman–Crippen MR) is 75.9 cm³/mol. The minimum Gasteiger partial charge on any atom is -0.457 e. The van der Waals surface area contributed by atoms with Crippen molar-refractivity contribution in [3.63, 3.8) is 0 Å².